The first kappa shape index (κ1) is 12.2. The maximum Gasteiger partial charge on any atom is 0.131 e. The van der Waals surface area contributed by atoms with Crippen molar-refractivity contribution in [3.8, 4) is 5.75 Å². The molecule has 0 fully saturated rings. The van der Waals surface area contributed by atoms with Crippen LogP contribution in [0.4, 0.5) is 4.39 Å². The van der Waals surface area contributed by atoms with Crippen LogP contribution in [0.1, 0.15) is 28.3 Å². The van der Waals surface area contributed by atoms with Crippen LogP contribution < -0.4 is 10.5 Å². The zero-order valence-electron chi connectivity index (χ0n) is 10.8. The molecule has 0 radical (unpaired) electrons. The molecule has 0 aromatic heterocycles. The second-order valence-electron chi connectivity index (χ2n) is 4.89. The van der Waals surface area contributed by atoms with Crippen LogP contribution in [0.3, 0.4) is 0 Å². The molecule has 1 heterocycles. The van der Waals surface area contributed by atoms with Gasteiger partial charge in [-0.15, -0.1) is 0 Å². The monoisotopic (exact) mass is 257 g/mol. The quantitative estimate of drug-likeness (QED) is 0.897. The number of nitrogens with two attached hydrogens (primary N) is 1. The lowest BCUT2D eigenvalue weighted by molar-refractivity contribution is 0.352. The average molecular weight is 257 g/mol. The molecule has 2 N–H and O–H groups in total. The van der Waals surface area contributed by atoms with Gasteiger partial charge in [0.15, 0.2) is 0 Å². The topological polar surface area (TPSA) is 35.2 Å². The van der Waals surface area contributed by atoms with E-state index in [2.05, 4.69) is 0 Å². The Labute approximate surface area is 112 Å². The Morgan fingerprint density at radius 3 is 2.74 bits per heavy atom. The Morgan fingerprint density at radius 2 is 1.89 bits per heavy atom. The number of aryl methyl sites for hydroxylation is 1. The number of ether oxygens (including phenoxy) is 1. The normalized spacial score (nSPS) is 14.9. The summed E-state index contributed by atoms with van der Waals surface area (Å²) >= 11 is 0. The third kappa shape index (κ3) is 2.00. The lowest BCUT2D eigenvalue weighted by Crippen LogP contribution is -2.15. The molecule has 1 atom stereocenters. The molecule has 0 aliphatic carbocycles. The van der Waals surface area contributed by atoms with E-state index in [9.17, 15) is 4.39 Å². The van der Waals surface area contributed by atoms with Crippen molar-refractivity contribution in [1.29, 1.82) is 0 Å². The molecular formula is C16H16FNO. The van der Waals surface area contributed by atoms with Gasteiger partial charge >= 0.3 is 0 Å². The SMILES string of the molecule is Cc1cccc(C(N)c2cccc3c2OCC3)c1F. The fourth-order valence-corrected chi connectivity index (χ4v) is 2.56. The summed E-state index contributed by atoms with van der Waals surface area (Å²) in [6.07, 6.45) is 0.895. The van der Waals surface area contributed by atoms with E-state index in [0.29, 0.717) is 17.7 Å². The minimum atomic E-state index is -0.493. The van der Waals surface area contributed by atoms with Gasteiger partial charge in [-0.3, -0.25) is 0 Å². The highest BCUT2D eigenvalue weighted by Gasteiger charge is 2.22. The zero-order valence-corrected chi connectivity index (χ0v) is 10.8. The van der Waals surface area contributed by atoms with E-state index in [1.54, 1.807) is 19.1 Å². The Bertz CT molecular complexity index is 624. The van der Waals surface area contributed by atoms with E-state index in [0.717, 1.165) is 23.3 Å². The number of halogens is 1. The summed E-state index contributed by atoms with van der Waals surface area (Å²) in [4.78, 5) is 0. The first-order valence-electron chi connectivity index (χ1n) is 6.43. The third-order valence-electron chi connectivity index (χ3n) is 3.64. The minimum absolute atomic E-state index is 0.231. The van der Waals surface area contributed by atoms with Gasteiger partial charge in [0.2, 0.25) is 0 Å². The van der Waals surface area contributed by atoms with Crippen LogP contribution in [0.2, 0.25) is 0 Å². The summed E-state index contributed by atoms with van der Waals surface area (Å²) in [6.45, 7) is 2.42. The molecule has 0 amide bonds. The maximum absolute atomic E-state index is 14.2. The van der Waals surface area contributed by atoms with Gasteiger partial charge in [-0.05, 0) is 18.1 Å². The maximum atomic E-state index is 14.2. The van der Waals surface area contributed by atoms with Gasteiger partial charge in [0.05, 0.1) is 12.6 Å². The second kappa shape index (κ2) is 4.67. The molecule has 0 spiro atoms. The van der Waals surface area contributed by atoms with Gasteiger partial charge in [-0.2, -0.15) is 0 Å². The molecular weight excluding hydrogens is 241 g/mol. The molecule has 98 valence electrons. The van der Waals surface area contributed by atoms with Crippen molar-refractivity contribution < 1.29 is 9.13 Å². The van der Waals surface area contributed by atoms with Crippen LogP contribution in [-0.4, -0.2) is 6.61 Å². The van der Waals surface area contributed by atoms with Crippen LogP contribution >= 0.6 is 0 Å². The van der Waals surface area contributed by atoms with Gasteiger partial charge in [0.25, 0.3) is 0 Å². The fraction of sp³-hybridized carbons (Fsp3) is 0.250. The number of para-hydroxylation sites is 1. The number of benzene rings is 2. The number of hydrogen-bond acceptors (Lipinski definition) is 2. The van der Waals surface area contributed by atoms with Crippen molar-refractivity contribution in [3.05, 3.63) is 64.5 Å². The Kier molecular flexibility index (Phi) is 2.99. The zero-order chi connectivity index (χ0) is 13.4. The fourth-order valence-electron chi connectivity index (χ4n) is 2.56. The Balaban J connectivity index is 2.08. The summed E-state index contributed by atoms with van der Waals surface area (Å²) in [6, 6.07) is 10.7. The highest BCUT2D eigenvalue weighted by molar-refractivity contribution is 5.49. The molecule has 2 aromatic carbocycles. The number of rotatable bonds is 2. The predicted molar refractivity (Wildman–Crippen MR) is 72.8 cm³/mol. The van der Waals surface area contributed by atoms with Crippen LogP contribution in [0, 0.1) is 12.7 Å². The summed E-state index contributed by atoms with van der Waals surface area (Å²) in [5.41, 5.74) is 9.38. The van der Waals surface area contributed by atoms with Crippen molar-refractivity contribution in [1.82, 2.24) is 0 Å². The van der Waals surface area contributed by atoms with E-state index in [-0.39, 0.29) is 5.82 Å². The van der Waals surface area contributed by atoms with Gasteiger partial charge in [0.1, 0.15) is 11.6 Å². The van der Waals surface area contributed by atoms with Crippen molar-refractivity contribution in [3.63, 3.8) is 0 Å². The molecule has 1 aliphatic heterocycles. The summed E-state index contributed by atoms with van der Waals surface area (Å²) in [5, 5.41) is 0. The van der Waals surface area contributed by atoms with Crippen LogP contribution in [-0.2, 0) is 6.42 Å². The van der Waals surface area contributed by atoms with Gasteiger partial charge in [0, 0.05) is 17.5 Å². The van der Waals surface area contributed by atoms with Gasteiger partial charge in [-0.1, -0.05) is 36.4 Å². The van der Waals surface area contributed by atoms with E-state index in [1.165, 1.54) is 0 Å². The van der Waals surface area contributed by atoms with Gasteiger partial charge in [-0.25, -0.2) is 4.39 Å². The highest BCUT2D eigenvalue weighted by atomic mass is 19.1. The number of hydrogen-bond donors (Lipinski definition) is 1. The minimum Gasteiger partial charge on any atom is -0.493 e. The van der Waals surface area contributed by atoms with E-state index in [4.69, 9.17) is 10.5 Å². The summed E-state index contributed by atoms with van der Waals surface area (Å²) in [5.74, 6) is 0.599. The third-order valence-corrected chi connectivity index (χ3v) is 3.64. The molecule has 0 saturated carbocycles. The van der Waals surface area contributed by atoms with Gasteiger partial charge < -0.3 is 10.5 Å². The molecule has 0 bridgehead atoms. The molecule has 1 unspecified atom stereocenters. The first-order chi connectivity index (χ1) is 9.18. The second-order valence-corrected chi connectivity index (χ2v) is 4.89. The predicted octanol–water partition coefficient (Wildman–Crippen LogP) is 3.12. The largest absolute Gasteiger partial charge is 0.493 e. The Hall–Kier alpha value is -1.87. The first-order valence-corrected chi connectivity index (χ1v) is 6.43. The number of fused-ring (bicyclic) bond motifs is 1. The molecule has 3 rings (SSSR count). The average Bonchev–Trinajstić information content (AvgIpc) is 2.89. The molecule has 2 nitrogen and oxygen atoms in total. The molecule has 2 aromatic rings. The van der Waals surface area contributed by atoms with Crippen molar-refractivity contribution >= 4 is 0 Å². The molecule has 0 saturated heterocycles. The van der Waals surface area contributed by atoms with E-state index < -0.39 is 6.04 Å². The standard InChI is InChI=1S/C16H16FNO/c1-10-4-2-6-12(14(10)17)15(18)13-7-3-5-11-8-9-19-16(11)13/h2-7,15H,8-9,18H2,1H3. The molecule has 3 heteroatoms. The summed E-state index contributed by atoms with van der Waals surface area (Å²) < 4.78 is 19.8. The molecule has 1 aliphatic rings. The van der Waals surface area contributed by atoms with E-state index >= 15 is 0 Å². The van der Waals surface area contributed by atoms with Crippen molar-refractivity contribution in [2.45, 2.75) is 19.4 Å². The van der Waals surface area contributed by atoms with E-state index in [1.807, 2.05) is 24.3 Å². The Morgan fingerprint density at radius 1 is 1.16 bits per heavy atom. The smallest absolute Gasteiger partial charge is 0.131 e. The lowest BCUT2D eigenvalue weighted by atomic mass is 9.95. The summed E-state index contributed by atoms with van der Waals surface area (Å²) in [7, 11) is 0. The molecule has 19 heavy (non-hydrogen) atoms. The van der Waals surface area contributed by atoms with Crippen molar-refractivity contribution in [2.24, 2.45) is 5.73 Å². The van der Waals surface area contributed by atoms with Crippen LogP contribution in [0.25, 0.3) is 0 Å². The lowest BCUT2D eigenvalue weighted by Gasteiger charge is -2.17. The van der Waals surface area contributed by atoms with Crippen molar-refractivity contribution in [2.75, 3.05) is 6.61 Å². The highest BCUT2D eigenvalue weighted by Crippen LogP contribution is 2.35. The van der Waals surface area contributed by atoms with Crippen LogP contribution in [0.15, 0.2) is 36.4 Å². The van der Waals surface area contributed by atoms with Crippen LogP contribution in [0.5, 0.6) is 5.75 Å².